The lowest BCUT2D eigenvalue weighted by Gasteiger charge is -2.02. The number of aromatic amines is 1. The molecular formula is C9H14N2O. The van der Waals surface area contributed by atoms with Gasteiger partial charge in [-0.05, 0) is 6.42 Å². The highest BCUT2D eigenvalue weighted by Gasteiger charge is 2.15. The molecule has 0 aliphatic heterocycles. The van der Waals surface area contributed by atoms with Gasteiger partial charge in [-0.15, -0.1) is 0 Å². The number of carbonyl (C=O) groups excluding carboxylic acids is 1. The van der Waals surface area contributed by atoms with Crippen LogP contribution in [-0.2, 0) is 6.42 Å². The van der Waals surface area contributed by atoms with Crippen LogP contribution in [-0.4, -0.2) is 16.0 Å². The maximum absolute atomic E-state index is 11.5. The second kappa shape index (κ2) is 3.52. The number of aryl methyl sites for hydroxylation is 1. The van der Waals surface area contributed by atoms with E-state index in [4.69, 9.17) is 0 Å². The van der Waals surface area contributed by atoms with E-state index in [1.807, 2.05) is 20.8 Å². The predicted octanol–water partition coefficient (Wildman–Crippen LogP) is 1.81. The van der Waals surface area contributed by atoms with Gasteiger partial charge >= 0.3 is 0 Å². The predicted molar refractivity (Wildman–Crippen MR) is 47.1 cm³/mol. The normalized spacial score (nSPS) is 10.7. The molecule has 1 aromatic rings. The van der Waals surface area contributed by atoms with Gasteiger partial charge in [0.1, 0.15) is 5.69 Å². The summed E-state index contributed by atoms with van der Waals surface area (Å²) in [6, 6.07) is 0. The molecule has 1 aromatic heterocycles. The number of rotatable bonds is 3. The molecule has 0 aromatic carbocycles. The number of aromatic nitrogens is 2. The van der Waals surface area contributed by atoms with Crippen LogP contribution in [0.25, 0.3) is 0 Å². The zero-order valence-corrected chi connectivity index (χ0v) is 7.72. The first kappa shape index (κ1) is 8.97. The van der Waals surface area contributed by atoms with Gasteiger partial charge in [0.15, 0.2) is 5.78 Å². The van der Waals surface area contributed by atoms with Crippen molar-refractivity contribution in [2.75, 3.05) is 0 Å². The Labute approximate surface area is 72.2 Å². The summed E-state index contributed by atoms with van der Waals surface area (Å²) >= 11 is 0. The maximum Gasteiger partial charge on any atom is 0.183 e. The zero-order chi connectivity index (χ0) is 9.14. The van der Waals surface area contributed by atoms with E-state index in [1.54, 1.807) is 6.20 Å². The number of Topliss-reactive ketones (excluding diaryl/α,β-unsaturated/α-hetero) is 1. The molecule has 0 saturated carbocycles. The number of hydrogen-bond donors (Lipinski definition) is 1. The third kappa shape index (κ3) is 1.55. The van der Waals surface area contributed by atoms with Gasteiger partial charge < -0.3 is 0 Å². The lowest BCUT2D eigenvalue weighted by Crippen LogP contribution is -2.10. The smallest absolute Gasteiger partial charge is 0.183 e. The Morgan fingerprint density at radius 3 is 2.83 bits per heavy atom. The first-order valence-corrected chi connectivity index (χ1v) is 4.23. The van der Waals surface area contributed by atoms with Gasteiger partial charge in [-0.1, -0.05) is 20.8 Å². The zero-order valence-electron chi connectivity index (χ0n) is 7.72. The van der Waals surface area contributed by atoms with Crippen LogP contribution in [0.5, 0.6) is 0 Å². The SMILES string of the molecule is CCc1cn[nH]c1C(=O)C(C)C. The van der Waals surface area contributed by atoms with E-state index in [0.29, 0.717) is 5.69 Å². The van der Waals surface area contributed by atoms with E-state index in [9.17, 15) is 4.79 Å². The van der Waals surface area contributed by atoms with Crippen LogP contribution in [0.15, 0.2) is 6.20 Å². The van der Waals surface area contributed by atoms with Gasteiger partial charge in [0, 0.05) is 11.5 Å². The van der Waals surface area contributed by atoms with Crippen molar-refractivity contribution in [3.05, 3.63) is 17.5 Å². The van der Waals surface area contributed by atoms with Crippen LogP contribution >= 0.6 is 0 Å². The summed E-state index contributed by atoms with van der Waals surface area (Å²) in [6.07, 6.45) is 2.57. The average molecular weight is 166 g/mol. The second-order valence-electron chi connectivity index (χ2n) is 3.14. The Balaban J connectivity index is 2.94. The highest BCUT2D eigenvalue weighted by atomic mass is 16.1. The summed E-state index contributed by atoms with van der Waals surface area (Å²) in [5.74, 6) is 0.181. The van der Waals surface area contributed by atoms with Gasteiger partial charge in [0.25, 0.3) is 0 Å². The molecule has 1 N–H and O–H groups in total. The molecule has 3 nitrogen and oxygen atoms in total. The number of carbonyl (C=O) groups is 1. The molecule has 3 heteroatoms. The van der Waals surface area contributed by atoms with E-state index < -0.39 is 0 Å². The summed E-state index contributed by atoms with van der Waals surface area (Å²) in [5, 5.41) is 6.59. The third-order valence-corrected chi connectivity index (χ3v) is 1.87. The summed E-state index contributed by atoms with van der Waals surface area (Å²) in [7, 11) is 0. The molecule has 0 saturated heterocycles. The van der Waals surface area contributed by atoms with Crippen LogP contribution in [0.1, 0.15) is 36.8 Å². The number of H-pyrrole nitrogens is 1. The molecule has 1 heterocycles. The van der Waals surface area contributed by atoms with Crippen molar-refractivity contribution in [1.82, 2.24) is 10.2 Å². The average Bonchev–Trinajstić information content (AvgIpc) is 2.49. The molecule has 0 aliphatic rings. The highest BCUT2D eigenvalue weighted by molar-refractivity contribution is 5.96. The van der Waals surface area contributed by atoms with E-state index in [2.05, 4.69) is 10.2 Å². The van der Waals surface area contributed by atoms with Gasteiger partial charge in [0.05, 0.1) is 6.20 Å². The Kier molecular flexibility index (Phi) is 2.63. The largest absolute Gasteiger partial charge is 0.292 e. The number of nitrogens with one attached hydrogen (secondary N) is 1. The van der Waals surface area contributed by atoms with Gasteiger partial charge in [-0.2, -0.15) is 5.10 Å². The highest BCUT2D eigenvalue weighted by Crippen LogP contribution is 2.10. The number of ketones is 1. The van der Waals surface area contributed by atoms with Crippen molar-refractivity contribution in [1.29, 1.82) is 0 Å². The topological polar surface area (TPSA) is 45.8 Å². The summed E-state index contributed by atoms with van der Waals surface area (Å²) in [6.45, 7) is 5.80. The fraction of sp³-hybridized carbons (Fsp3) is 0.556. The van der Waals surface area contributed by atoms with Crippen LogP contribution in [0, 0.1) is 5.92 Å². The summed E-state index contributed by atoms with van der Waals surface area (Å²) < 4.78 is 0. The van der Waals surface area contributed by atoms with E-state index in [0.717, 1.165) is 12.0 Å². The Morgan fingerprint density at radius 1 is 1.67 bits per heavy atom. The van der Waals surface area contributed by atoms with Crippen LogP contribution in [0.2, 0.25) is 0 Å². The van der Waals surface area contributed by atoms with Crippen LogP contribution in [0.3, 0.4) is 0 Å². The molecule has 0 amide bonds. The number of nitrogens with zero attached hydrogens (tertiary/aromatic N) is 1. The molecule has 0 radical (unpaired) electrons. The van der Waals surface area contributed by atoms with E-state index in [-0.39, 0.29) is 11.7 Å². The van der Waals surface area contributed by atoms with E-state index in [1.165, 1.54) is 0 Å². The maximum atomic E-state index is 11.5. The number of hydrogen-bond acceptors (Lipinski definition) is 2. The molecule has 0 aliphatic carbocycles. The van der Waals surface area contributed by atoms with Gasteiger partial charge in [-0.25, -0.2) is 0 Å². The molecule has 0 spiro atoms. The first-order valence-electron chi connectivity index (χ1n) is 4.23. The molecule has 0 bridgehead atoms. The minimum atomic E-state index is 0.0377. The van der Waals surface area contributed by atoms with Crippen molar-refractivity contribution < 1.29 is 4.79 Å². The van der Waals surface area contributed by atoms with Crippen LogP contribution < -0.4 is 0 Å². The van der Waals surface area contributed by atoms with E-state index >= 15 is 0 Å². The quantitative estimate of drug-likeness (QED) is 0.696. The fourth-order valence-electron chi connectivity index (χ4n) is 1.08. The lowest BCUT2D eigenvalue weighted by molar-refractivity contribution is 0.0933. The standard InChI is InChI=1S/C9H14N2O/c1-4-7-5-10-11-8(7)9(12)6(2)3/h5-6H,4H2,1-3H3,(H,10,11). The molecule has 0 atom stereocenters. The second-order valence-corrected chi connectivity index (χ2v) is 3.14. The first-order chi connectivity index (χ1) is 5.66. The van der Waals surface area contributed by atoms with Crippen molar-refractivity contribution >= 4 is 5.78 Å². The molecule has 12 heavy (non-hydrogen) atoms. The van der Waals surface area contributed by atoms with Crippen molar-refractivity contribution in [2.24, 2.45) is 5.92 Å². The minimum Gasteiger partial charge on any atom is -0.292 e. The minimum absolute atomic E-state index is 0.0377. The Bertz CT molecular complexity index is 276. The molecule has 1 rings (SSSR count). The van der Waals surface area contributed by atoms with Crippen molar-refractivity contribution in [3.63, 3.8) is 0 Å². The Hall–Kier alpha value is -1.12. The molecule has 66 valence electrons. The molecule has 0 fully saturated rings. The third-order valence-electron chi connectivity index (χ3n) is 1.87. The Morgan fingerprint density at radius 2 is 2.33 bits per heavy atom. The lowest BCUT2D eigenvalue weighted by atomic mass is 10.0. The van der Waals surface area contributed by atoms with Crippen LogP contribution in [0.4, 0.5) is 0 Å². The van der Waals surface area contributed by atoms with Crippen molar-refractivity contribution in [2.45, 2.75) is 27.2 Å². The monoisotopic (exact) mass is 166 g/mol. The molecule has 0 unspecified atom stereocenters. The molecular weight excluding hydrogens is 152 g/mol. The van der Waals surface area contributed by atoms with Crippen molar-refractivity contribution in [3.8, 4) is 0 Å². The summed E-state index contributed by atoms with van der Waals surface area (Å²) in [4.78, 5) is 11.5. The fourth-order valence-corrected chi connectivity index (χ4v) is 1.08. The van der Waals surface area contributed by atoms with Gasteiger partial charge in [-0.3, -0.25) is 9.89 Å². The summed E-state index contributed by atoms with van der Waals surface area (Å²) in [5.41, 5.74) is 1.68. The van der Waals surface area contributed by atoms with Gasteiger partial charge in [0.2, 0.25) is 0 Å².